The molecule has 1 heterocycles. The molecule has 1 aromatic heterocycles. The minimum Gasteiger partial charge on any atom is -0.420 e. The van der Waals surface area contributed by atoms with Crippen LogP contribution in [-0.2, 0) is 17.8 Å². The average molecular weight is 329 g/mol. The van der Waals surface area contributed by atoms with Crippen LogP contribution >= 0.6 is 0 Å². The first-order valence-corrected chi connectivity index (χ1v) is 7.19. The predicted molar refractivity (Wildman–Crippen MR) is 81.6 cm³/mol. The van der Waals surface area contributed by atoms with Gasteiger partial charge in [0.1, 0.15) is 18.1 Å². The summed E-state index contributed by atoms with van der Waals surface area (Å²) in [5.74, 6) is -0.777. The van der Waals surface area contributed by atoms with Crippen LogP contribution in [0, 0.1) is 11.6 Å². The minimum atomic E-state index is -0.413. The van der Waals surface area contributed by atoms with Gasteiger partial charge in [0.25, 0.3) is 0 Å². The number of halogens is 2. The zero-order valence-electron chi connectivity index (χ0n) is 12.5. The molecule has 0 aliphatic heterocycles. The molecule has 5 nitrogen and oxygen atoms in total. The number of carbonyl (C=O) groups excluding carboxylic acids is 1. The van der Waals surface area contributed by atoms with E-state index in [1.54, 1.807) is 18.2 Å². The van der Waals surface area contributed by atoms with Gasteiger partial charge in [-0.15, -0.1) is 10.2 Å². The predicted octanol–water partition coefficient (Wildman–Crippen LogP) is 2.87. The van der Waals surface area contributed by atoms with E-state index < -0.39 is 5.82 Å². The highest BCUT2D eigenvalue weighted by Gasteiger charge is 2.12. The summed E-state index contributed by atoms with van der Waals surface area (Å²) in [6.45, 7) is 0.268. The molecule has 2 aromatic carbocycles. The van der Waals surface area contributed by atoms with Crippen LogP contribution in [0.2, 0.25) is 0 Å². The molecule has 122 valence electrons. The third kappa shape index (κ3) is 4.01. The van der Waals surface area contributed by atoms with Crippen LogP contribution in [0.4, 0.5) is 8.78 Å². The van der Waals surface area contributed by atoms with Crippen molar-refractivity contribution < 1.29 is 18.0 Å². The quantitative estimate of drug-likeness (QED) is 0.781. The van der Waals surface area contributed by atoms with Crippen LogP contribution < -0.4 is 5.32 Å². The molecule has 0 aliphatic carbocycles. The fraction of sp³-hybridized carbons (Fsp3) is 0.118. The van der Waals surface area contributed by atoms with Crippen molar-refractivity contribution in [1.29, 1.82) is 0 Å². The lowest BCUT2D eigenvalue weighted by molar-refractivity contribution is -0.120. The molecule has 0 unspecified atom stereocenters. The Balaban J connectivity index is 1.58. The Labute approximate surface area is 136 Å². The second-order valence-electron chi connectivity index (χ2n) is 5.09. The van der Waals surface area contributed by atoms with Gasteiger partial charge in [0.05, 0.1) is 0 Å². The summed E-state index contributed by atoms with van der Waals surface area (Å²) in [7, 11) is 0. The van der Waals surface area contributed by atoms with E-state index >= 15 is 0 Å². The maximum absolute atomic E-state index is 13.2. The minimum absolute atomic E-state index is 0.0937. The van der Waals surface area contributed by atoms with Gasteiger partial charge in [-0.1, -0.05) is 18.2 Å². The number of amides is 1. The van der Waals surface area contributed by atoms with Crippen molar-refractivity contribution in [2.75, 3.05) is 0 Å². The van der Waals surface area contributed by atoms with Gasteiger partial charge in [0, 0.05) is 12.1 Å². The Morgan fingerprint density at radius 1 is 1.04 bits per heavy atom. The highest BCUT2D eigenvalue weighted by molar-refractivity contribution is 5.77. The molecule has 24 heavy (non-hydrogen) atoms. The summed E-state index contributed by atoms with van der Waals surface area (Å²) in [4.78, 5) is 11.9. The maximum atomic E-state index is 13.2. The van der Waals surface area contributed by atoms with Crippen LogP contribution in [-0.4, -0.2) is 16.1 Å². The number of benzene rings is 2. The average Bonchev–Trinajstić information content (AvgIpc) is 3.03. The molecule has 3 aromatic rings. The number of nitrogens with one attached hydrogen (secondary N) is 1. The summed E-state index contributed by atoms with van der Waals surface area (Å²) in [5.41, 5.74) is 1.22. The fourth-order valence-electron chi connectivity index (χ4n) is 2.07. The smallest absolute Gasteiger partial charge is 0.247 e. The lowest BCUT2D eigenvalue weighted by Crippen LogP contribution is -2.24. The van der Waals surface area contributed by atoms with Gasteiger partial charge < -0.3 is 9.73 Å². The van der Waals surface area contributed by atoms with Gasteiger partial charge in [0.15, 0.2) is 0 Å². The Morgan fingerprint density at radius 3 is 2.58 bits per heavy atom. The summed E-state index contributed by atoms with van der Waals surface area (Å²) in [6, 6.07) is 11.6. The highest BCUT2D eigenvalue weighted by atomic mass is 19.1. The molecule has 0 radical (unpaired) electrons. The Morgan fingerprint density at radius 2 is 1.83 bits per heavy atom. The third-order valence-electron chi connectivity index (χ3n) is 3.25. The van der Waals surface area contributed by atoms with Gasteiger partial charge in [-0.2, -0.15) is 0 Å². The van der Waals surface area contributed by atoms with E-state index in [4.69, 9.17) is 4.42 Å². The van der Waals surface area contributed by atoms with E-state index in [0.29, 0.717) is 5.56 Å². The molecule has 0 atom stereocenters. The van der Waals surface area contributed by atoms with Gasteiger partial charge in [-0.25, -0.2) is 8.78 Å². The van der Waals surface area contributed by atoms with Crippen molar-refractivity contribution in [2.45, 2.75) is 13.0 Å². The monoisotopic (exact) mass is 329 g/mol. The van der Waals surface area contributed by atoms with E-state index in [-0.39, 0.29) is 36.5 Å². The highest BCUT2D eigenvalue weighted by Crippen LogP contribution is 2.18. The van der Waals surface area contributed by atoms with Crippen molar-refractivity contribution in [3.05, 3.63) is 71.6 Å². The molecular weight excluding hydrogens is 316 g/mol. The summed E-state index contributed by atoms with van der Waals surface area (Å²) >= 11 is 0. The second-order valence-corrected chi connectivity index (χ2v) is 5.09. The number of nitrogens with zero attached hydrogens (tertiary/aromatic N) is 2. The molecule has 1 amide bonds. The first-order valence-electron chi connectivity index (χ1n) is 7.19. The lowest BCUT2D eigenvalue weighted by atomic mass is 10.2. The normalized spacial score (nSPS) is 10.6. The lowest BCUT2D eigenvalue weighted by Gasteiger charge is -2.03. The number of aromatic nitrogens is 2. The van der Waals surface area contributed by atoms with Gasteiger partial charge >= 0.3 is 0 Å². The molecule has 0 saturated carbocycles. The van der Waals surface area contributed by atoms with Crippen LogP contribution in [0.1, 0.15) is 11.5 Å². The van der Waals surface area contributed by atoms with Gasteiger partial charge in [-0.3, -0.25) is 4.79 Å². The SMILES string of the molecule is O=C(Cc1nnc(-c2cccc(F)c2)o1)NCc1ccc(F)cc1. The topological polar surface area (TPSA) is 68.0 Å². The molecule has 0 fully saturated rings. The number of hydrogen-bond acceptors (Lipinski definition) is 4. The zero-order chi connectivity index (χ0) is 16.9. The van der Waals surface area contributed by atoms with Crippen molar-refractivity contribution in [1.82, 2.24) is 15.5 Å². The number of rotatable bonds is 5. The Hall–Kier alpha value is -3.09. The molecule has 0 saturated heterocycles. The molecule has 0 aliphatic rings. The Bertz CT molecular complexity index is 847. The fourth-order valence-corrected chi connectivity index (χ4v) is 2.07. The van der Waals surface area contributed by atoms with Gasteiger partial charge in [-0.05, 0) is 35.9 Å². The van der Waals surface area contributed by atoms with Crippen molar-refractivity contribution in [3.8, 4) is 11.5 Å². The largest absolute Gasteiger partial charge is 0.420 e. The molecule has 1 N–H and O–H groups in total. The van der Waals surface area contributed by atoms with Crippen LogP contribution in [0.15, 0.2) is 52.9 Å². The molecule has 3 rings (SSSR count). The summed E-state index contributed by atoms with van der Waals surface area (Å²) < 4.78 is 31.3. The first-order chi connectivity index (χ1) is 11.6. The maximum Gasteiger partial charge on any atom is 0.247 e. The summed E-state index contributed by atoms with van der Waals surface area (Å²) in [5, 5.41) is 10.3. The third-order valence-corrected chi connectivity index (χ3v) is 3.25. The molecule has 7 heteroatoms. The van der Waals surface area contributed by atoms with E-state index in [1.807, 2.05) is 0 Å². The van der Waals surface area contributed by atoms with E-state index in [1.165, 1.54) is 30.3 Å². The molecular formula is C17H13F2N3O2. The van der Waals surface area contributed by atoms with Crippen molar-refractivity contribution >= 4 is 5.91 Å². The molecule has 0 spiro atoms. The van der Waals surface area contributed by atoms with Crippen molar-refractivity contribution in [3.63, 3.8) is 0 Å². The van der Waals surface area contributed by atoms with E-state index in [2.05, 4.69) is 15.5 Å². The van der Waals surface area contributed by atoms with Crippen LogP contribution in [0.25, 0.3) is 11.5 Å². The Kier molecular flexibility index (Phi) is 4.60. The van der Waals surface area contributed by atoms with Crippen LogP contribution in [0.3, 0.4) is 0 Å². The number of carbonyl (C=O) groups is 1. The summed E-state index contributed by atoms with van der Waals surface area (Å²) in [6.07, 6.45) is -0.0937. The van der Waals surface area contributed by atoms with Gasteiger partial charge in [0.2, 0.25) is 17.7 Å². The zero-order valence-corrected chi connectivity index (χ0v) is 12.5. The van der Waals surface area contributed by atoms with E-state index in [0.717, 1.165) is 5.56 Å². The van der Waals surface area contributed by atoms with Crippen LogP contribution in [0.5, 0.6) is 0 Å². The molecule has 0 bridgehead atoms. The second kappa shape index (κ2) is 6.99. The number of hydrogen-bond donors (Lipinski definition) is 1. The van der Waals surface area contributed by atoms with Crippen molar-refractivity contribution in [2.24, 2.45) is 0 Å². The van der Waals surface area contributed by atoms with E-state index in [9.17, 15) is 13.6 Å². The standard InChI is InChI=1S/C17H13F2N3O2/c18-13-6-4-11(5-7-13)10-20-15(23)9-16-21-22-17(24-16)12-2-1-3-14(19)8-12/h1-8H,9-10H2,(H,20,23). The first kappa shape index (κ1) is 15.8.